The van der Waals surface area contributed by atoms with Gasteiger partial charge < -0.3 is 30.7 Å². The molecule has 0 aliphatic carbocycles. The molecule has 5 rings (SSSR count). The van der Waals surface area contributed by atoms with E-state index in [-0.39, 0.29) is 36.0 Å². The number of piperazine rings is 1. The number of rotatable bonds is 7. The molecule has 200 valence electrons. The number of fused-ring (bicyclic) bond motifs is 3. The molecule has 3 aromatic heterocycles. The number of aromatic nitrogens is 5. The number of pyridine rings is 1. The monoisotopic (exact) mass is 531 g/mol. The molecule has 1 aliphatic rings. The third-order valence-corrected chi connectivity index (χ3v) is 6.16. The summed E-state index contributed by atoms with van der Waals surface area (Å²) in [5.41, 5.74) is 7.12. The van der Waals surface area contributed by atoms with Crippen LogP contribution in [0.5, 0.6) is 5.75 Å². The number of alkyl halides is 3. The van der Waals surface area contributed by atoms with Crippen molar-refractivity contribution in [3.8, 4) is 5.75 Å². The van der Waals surface area contributed by atoms with Crippen molar-refractivity contribution in [3.05, 3.63) is 36.3 Å². The SMILES string of the molecule is CN1CCN(c2ccc(OC(F)(F)F)c(Nc3ncc4ncc5c(C(N)=O)nn(CCO)c5c4n3)c2)CC1. The summed E-state index contributed by atoms with van der Waals surface area (Å²) >= 11 is 0. The smallest absolute Gasteiger partial charge is 0.404 e. The van der Waals surface area contributed by atoms with Gasteiger partial charge in [0.25, 0.3) is 5.91 Å². The first kappa shape index (κ1) is 25.4. The van der Waals surface area contributed by atoms with Crippen LogP contribution in [0.4, 0.5) is 30.5 Å². The fraction of sp³-hybridized carbons (Fsp3) is 0.348. The van der Waals surface area contributed by atoms with E-state index in [1.165, 1.54) is 23.1 Å². The molecule has 1 aromatic carbocycles. The van der Waals surface area contributed by atoms with Crippen molar-refractivity contribution in [2.75, 3.05) is 50.1 Å². The third kappa shape index (κ3) is 5.10. The van der Waals surface area contributed by atoms with Crippen LogP contribution in [0, 0.1) is 0 Å². The summed E-state index contributed by atoms with van der Waals surface area (Å²) in [6.07, 6.45) is -2.11. The minimum atomic E-state index is -4.91. The molecule has 1 aliphatic heterocycles. The number of carbonyl (C=O) groups is 1. The first-order valence-corrected chi connectivity index (χ1v) is 11.7. The van der Waals surface area contributed by atoms with E-state index < -0.39 is 18.0 Å². The second-order valence-electron chi connectivity index (χ2n) is 8.75. The van der Waals surface area contributed by atoms with E-state index in [4.69, 9.17) is 5.73 Å². The number of hydrogen-bond acceptors (Lipinski definition) is 10. The lowest BCUT2D eigenvalue weighted by atomic mass is 10.2. The first-order chi connectivity index (χ1) is 18.1. The number of halogens is 3. The fourth-order valence-corrected chi connectivity index (χ4v) is 4.34. The highest BCUT2D eigenvalue weighted by Gasteiger charge is 2.32. The van der Waals surface area contributed by atoms with Gasteiger partial charge in [0, 0.05) is 38.1 Å². The molecule has 0 radical (unpaired) electrons. The van der Waals surface area contributed by atoms with Crippen molar-refractivity contribution in [1.29, 1.82) is 0 Å². The van der Waals surface area contributed by atoms with Gasteiger partial charge in [-0.15, -0.1) is 13.2 Å². The summed E-state index contributed by atoms with van der Waals surface area (Å²) < 4.78 is 45.1. The number of aliphatic hydroxyl groups excluding tert-OH is 1. The van der Waals surface area contributed by atoms with Gasteiger partial charge in [-0.1, -0.05) is 0 Å². The van der Waals surface area contributed by atoms with Crippen molar-refractivity contribution >= 4 is 45.2 Å². The summed E-state index contributed by atoms with van der Waals surface area (Å²) in [7, 11) is 2.01. The number of amides is 1. The van der Waals surface area contributed by atoms with Crippen molar-refractivity contribution in [3.63, 3.8) is 0 Å². The summed E-state index contributed by atoms with van der Waals surface area (Å²) in [5, 5.41) is 16.8. The molecule has 1 saturated heterocycles. The number of primary amides is 1. The second kappa shape index (κ2) is 9.90. The number of nitrogens with one attached hydrogen (secondary N) is 1. The molecule has 0 spiro atoms. The summed E-state index contributed by atoms with van der Waals surface area (Å²) in [5.74, 6) is -1.27. The topological polar surface area (TPSA) is 148 Å². The Hall–Kier alpha value is -4.24. The van der Waals surface area contributed by atoms with Crippen molar-refractivity contribution < 1.29 is 27.8 Å². The van der Waals surface area contributed by atoms with E-state index >= 15 is 0 Å². The van der Waals surface area contributed by atoms with Gasteiger partial charge in [-0.25, -0.2) is 9.97 Å². The molecule has 0 unspecified atom stereocenters. The van der Waals surface area contributed by atoms with Crippen LogP contribution in [0.1, 0.15) is 10.5 Å². The number of hydrogen-bond donors (Lipinski definition) is 3. The van der Waals surface area contributed by atoms with Crippen LogP contribution in [0.25, 0.3) is 21.9 Å². The van der Waals surface area contributed by atoms with Crippen molar-refractivity contribution in [2.24, 2.45) is 5.73 Å². The Labute approximate surface area is 213 Å². The quantitative estimate of drug-likeness (QED) is 0.323. The molecular formula is C23H24F3N9O3. The summed E-state index contributed by atoms with van der Waals surface area (Å²) in [6.45, 7) is 2.83. The average molecular weight is 531 g/mol. The zero-order valence-electron chi connectivity index (χ0n) is 20.2. The maximum absolute atomic E-state index is 13.2. The predicted molar refractivity (Wildman–Crippen MR) is 132 cm³/mol. The number of ether oxygens (including phenoxy) is 1. The van der Waals surface area contributed by atoms with Gasteiger partial charge in [0.15, 0.2) is 11.4 Å². The van der Waals surface area contributed by atoms with Crippen LogP contribution in [0.2, 0.25) is 0 Å². The lowest BCUT2D eigenvalue weighted by Crippen LogP contribution is -2.44. The van der Waals surface area contributed by atoms with Gasteiger partial charge in [-0.05, 0) is 25.2 Å². The lowest BCUT2D eigenvalue weighted by Gasteiger charge is -2.34. The Morgan fingerprint density at radius 1 is 1.18 bits per heavy atom. The van der Waals surface area contributed by atoms with E-state index in [9.17, 15) is 23.1 Å². The number of benzene rings is 1. The van der Waals surface area contributed by atoms with E-state index in [0.717, 1.165) is 13.1 Å². The van der Waals surface area contributed by atoms with Crippen LogP contribution < -0.4 is 20.7 Å². The Morgan fingerprint density at radius 2 is 1.95 bits per heavy atom. The molecular weight excluding hydrogens is 507 g/mol. The number of aliphatic hydroxyl groups is 1. The van der Waals surface area contributed by atoms with E-state index in [0.29, 0.717) is 35.2 Å². The maximum atomic E-state index is 13.2. The molecule has 15 heteroatoms. The fourth-order valence-electron chi connectivity index (χ4n) is 4.34. The molecule has 4 aromatic rings. The van der Waals surface area contributed by atoms with Crippen molar-refractivity contribution in [2.45, 2.75) is 12.9 Å². The molecule has 12 nitrogen and oxygen atoms in total. The Balaban J connectivity index is 1.58. The first-order valence-electron chi connectivity index (χ1n) is 11.7. The van der Waals surface area contributed by atoms with E-state index in [1.54, 1.807) is 12.1 Å². The van der Waals surface area contributed by atoms with Crippen LogP contribution in [0.3, 0.4) is 0 Å². The minimum Gasteiger partial charge on any atom is -0.404 e. The van der Waals surface area contributed by atoms with Crippen LogP contribution in [-0.2, 0) is 6.54 Å². The lowest BCUT2D eigenvalue weighted by molar-refractivity contribution is -0.274. The minimum absolute atomic E-state index is 0.0138. The highest BCUT2D eigenvalue weighted by molar-refractivity contribution is 6.10. The molecule has 0 bridgehead atoms. The Kier molecular flexibility index (Phi) is 6.62. The van der Waals surface area contributed by atoms with E-state index in [1.807, 2.05) is 7.05 Å². The summed E-state index contributed by atoms with van der Waals surface area (Å²) in [4.78, 5) is 29.1. The van der Waals surface area contributed by atoms with E-state index in [2.05, 4.69) is 39.9 Å². The highest BCUT2D eigenvalue weighted by Crippen LogP contribution is 2.36. The number of nitrogens with zero attached hydrogens (tertiary/aromatic N) is 7. The molecule has 1 fully saturated rings. The van der Waals surface area contributed by atoms with Gasteiger partial charge in [0.2, 0.25) is 5.95 Å². The normalized spacial score (nSPS) is 14.8. The molecule has 0 saturated carbocycles. The molecule has 4 N–H and O–H groups in total. The third-order valence-electron chi connectivity index (χ3n) is 6.16. The summed E-state index contributed by atoms with van der Waals surface area (Å²) in [6, 6.07) is 4.38. The van der Waals surface area contributed by atoms with Crippen molar-refractivity contribution in [1.82, 2.24) is 29.6 Å². The standard InChI is InChI=1S/C23H24F3N9O3/c1-33-4-6-34(7-5-33)13-2-3-17(38-23(24,25)26)15(10-13)30-22-29-12-16-19(31-22)20-14(11-28-16)18(21(27)37)32-35(20)8-9-36/h2-3,10-12,36H,4-9H2,1H3,(H2,27,37)(H,29,30,31). The molecule has 38 heavy (non-hydrogen) atoms. The van der Waals surface area contributed by atoms with Gasteiger partial charge in [0.05, 0.1) is 35.9 Å². The maximum Gasteiger partial charge on any atom is 0.573 e. The highest BCUT2D eigenvalue weighted by atomic mass is 19.4. The molecule has 4 heterocycles. The number of likely N-dealkylation sites (N-methyl/N-ethyl adjacent to an activating group) is 1. The average Bonchev–Trinajstić information content (AvgIpc) is 3.24. The van der Waals surface area contributed by atoms with Crippen LogP contribution in [0.15, 0.2) is 30.6 Å². The van der Waals surface area contributed by atoms with Gasteiger partial charge in [0.1, 0.15) is 11.0 Å². The second-order valence-corrected chi connectivity index (χ2v) is 8.75. The number of nitrogens with two attached hydrogens (primary N) is 1. The van der Waals surface area contributed by atoms with Gasteiger partial charge >= 0.3 is 6.36 Å². The van der Waals surface area contributed by atoms with Gasteiger partial charge in [-0.3, -0.25) is 14.5 Å². The van der Waals surface area contributed by atoms with Gasteiger partial charge in [-0.2, -0.15) is 5.10 Å². The number of carbonyl (C=O) groups excluding carboxylic acids is 1. The van der Waals surface area contributed by atoms with Crippen LogP contribution >= 0.6 is 0 Å². The number of anilines is 3. The molecule has 1 amide bonds. The Bertz CT molecular complexity index is 1500. The largest absolute Gasteiger partial charge is 0.573 e. The zero-order chi connectivity index (χ0) is 27.0. The predicted octanol–water partition coefficient (Wildman–Crippen LogP) is 1.86. The Morgan fingerprint density at radius 3 is 2.63 bits per heavy atom. The zero-order valence-corrected chi connectivity index (χ0v) is 20.2. The molecule has 0 atom stereocenters. The van der Waals surface area contributed by atoms with Crippen LogP contribution in [-0.4, -0.2) is 86.8 Å².